The van der Waals surface area contributed by atoms with Gasteiger partial charge in [-0.1, -0.05) is 97.6 Å². The van der Waals surface area contributed by atoms with Crippen LogP contribution in [0, 0.1) is 6.92 Å². The smallest absolute Gasteiger partial charge is 0.164 e. The maximum atomic E-state index is 4.85. The lowest BCUT2D eigenvalue weighted by Gasteiger charge is -2.17. The Morgan fingerprint density at radius 1 is 0.884 bits per heavy atom. The average Bonchev–Trinajstić information content (AvgIpc) is 3.39. The average molecular weight is 576 g/mol. The fourth-order valence-electron chi connectivity index (χ4n) is 5.72. The van der Waals surface area contributed by atoms with Gasteiger partial charge in [0, 0.05) is 37.9 Å². The zero-order valence-electron chi connectivity index (χ0n) is 24.0. The molecule has 3 aromatic carbocycles. The second-order valence-electron chi connectivity index (χ2n) is 10.6. The van der Waals surface area contributed by atoms with Gasteiger partial charge in [0.1, 0.15) is 0 Å². The van der Waals surface area contributed by atoms with Gasteiger partial charge in [-0.25, -0.2) is 15.0 Å². The highest BCUT2D eigenvalue weighted by atomic mass is 32.1. The van der Waals surface area contributed by atoms with Crippen molar-refractivity contribution >= 4 is 39.8 Å². The first kappa shape index (κ1) is 26.8. The molecule has 0 saturated carbocycles. The van der Waals surface area contributed by atoms with Gasteiger partial charge in [-0.05, 0) is 54.8 Å². The molecule has 6 aromatic rings. The van der Waals surface area contributed by atoms with E-state index in [0.29, 0.717) is 17.5 Å². The molecule has 0 bridgehead atoms. The van der Waals surface area contributed by atoms with Gasteiger partial charge in [0.15, 0.2) is 17.5 Å². The summed E-state index contributed by atoms with van der Waals surface area (Å²) in [6.45, 7) is 8.59. The molecule has 0 amide bonds. The van der Waals surface area contributed by atoms with Gasteiger partial charge < -0.3 is 0 Å². The van der Waals surface area contributed by atoms with Crippen molar-refractivity contribution in [2.75, 3.05) is 0 Å². The molecule has 5 nitrogen and oxygen atoms in total. The largest absolute Gasteiger partial charge is 0.209 e. The van der Waals surface area contributed by atoms with Crippen molar-refractivity contribution in [3.8, 4) is 22.6 Å². The van der Waals surface area contributed by atoms with E-state index in [0.717, 1.165) is 40.1 Å². The summed E-state index contributed by atoms with van der Waals surface area (Å²) in [5, 5.41) is 11.7. The van der Waals surface area contributed by atoms with Crippen LogP contribution in [0.3, 0.4) is 0 Å². The standard InChI is InChI=1S/C37H29N5S/c1-4-11-34-38-36(40-37(39-34)26-13-6-5-7-14-26)23(2)35-24(3)43-33-22-27(18-19-30(33)35)31-20-21-32(42-41-31)29-17-10-15-25-12-8-9-16-28(25)29/h4-21,27H,2,22H2,1,3H3/b11-4+. The SMILES string of the molecule is C=C(c1nc(/C=C/C)nc(-c2ccccc2)n1)c1c(C)sc2c1C=CC(c1ccc(-c3cccc4ccccc34)nn1)C2. The number of aryl methyl sites for hydroxylation is 1. The van der Waals surface area contributed by atoms with Crippen molar-refractivity contribution in [2.45, 2.75) is 26.2 Å². The van der Waals surface area contributed by atoms with Crippen LogP contribution >= 0.6 is 11.3 Å². The van der Waals surface area contributed by atoms with Crippen LogP contribution in [-0.4, -0.2) is 25.1 Å². The monoisotopic (exact) mass is 575 g/mol. The molecule has 1 aliphatic rings. The zero-order valence-corrected chi connectivity index (χ0v) is 24.8. The number of fused-ring (bicyclic) bond motifs is 2. The minimum Gasteiger partial charge on any atom is -0.209 e. The highest BCUT2D eigenvalue weighted by Gasteiger charge is 2.25. The normalized spacial score (nSPS) is 14.3. The molecule has 0 N–H and O–H groups in total. The minimum absolute atomic E-state index is 0.156. The Labute approximate surface area is 255 Å². The predicted octanol–water partition coefficient (Wildman–Crippen LogP) is 8.97. The van der Waals surface area contributed by atoms with E-state index in [9.17, 15) is 0 Å². The van der Waals surface area contributed by atoms with Gasteiger partial charge in [-0.2, -0.15) is 10.2 Å². The van der Waals surface area contributed by atoms with Crippen molar-refractivity contribution in [3.05, 3.63) is 142 Å². The van der Waals surface area contributed by atoms with Crippen molar-refractivity contribution < 1.29 is 0 Å². The molecule has 0 aliphatic heterocycles. The maximum absolute atomic E-state index is 4.85. The molecule has 208 valence electrons. The summed E-state index contributed by atoms with van der Waals surface area (Å²) >= 11 is 1.81. The van der Waals surface area contributed by atoms with Gasteiger partial charge in [0.2, 0.25) is 0 Å². The molecule has 0 fully saturated rings. The molecular formula is C37H29N5S. The molecule has 43 heavy (non-hydrogen) atoms. The van der Waals surface area contributed by atoms with Crippen molar-refractivity contribution in [3.63, 3.8) is 0 Å². The van der Waals surface area contributed by atoms with E-state index in [1.807, 2.05) is 60.7 Å². The molecule has 3 aromatic heterocycles. The van der Waals surface area contributed by atoms with Gasteiger partial charge >= 0.3 is 0 Å². The number of nitrogens with zero attached hydrogens (tertiary/aromatic N) is 5. The zero-order chi connectivity index (χ0) is 29.3. The molecule has 0 spiro atoms. The number of benzene rings is 3. The Morgan fingerprint density at radius 3 is 2.51 bits per heavy atom. The van der Waals surface area contributed by atoms with Crippen LogP contribution in [0.15, 0.2) is 104 Å². The van der Waals surface area contributed by atoms with E-state index in [2.05, 4.69) is 95.4 Å². The second-order valence-corrected chi connectivity index (χ2v) is 11.9. The fourth-order valence-corrected chi connectivity index (χ4v) is 6.97. The lowest BCUT2D eigenvalue weighted by Crippen LogP contribution is -2.08. The van der Waals surface area contributed by atoms with Gasteiger partial charge in [0.25, 0.3) is 0 Å². The summed E-state index contributed by atoms with van der Waals surface area (Å²) in [7, 11) is 0. The highest BCUT2D eigenvalue weighted by Crippen LogP contribution is 2.41. The summed E-state index contributed by atoms with van der Waals surface area (Å²) in [4.78, 5) is 16.8. The summed E-state index contributed by atoms with van der Waals surface area (Å²) in [6, 6.07) is 28.9. The summed E-state index contributed by atoms with van der Waals surface area (Å²) in [6.07, 6.45) is 9.15. The summed E-state index contributed by atoms with van der Waals surface area (Å²) in [5.74, 6) is 2.01. The predicted molar refractivity (Wildman–Crippen MR) is 178 cm³/mol. The van der Waals surface area contributed by atoms with E-state index in [1.54, 1.807) is 0 Å². The van der Waals surface area contributed by atoms with Crippen LogP contribution in [0.4, 0.5) is 0 Å². The lowest BCUT2D eigenvalue weighted by atomic mass is 9.89. The number of allylic oxidation sites excluding steroid dienone is 2. The number of rotatable bonds is 6. The van der Waals surface area contributed by atoms with E-state index < -0.39 is 0 Å². The number of hydrogen-bond donors (Lipinski definition) is 0. The highest BCUT2D eigenvalue weighted by molar-refractivity contribution is 7.12. The molecule has 0 saturated heterocycles. The molecule has 3 heterocycles. The summed E-state index contributed by atoms with van der Waals surface area (Å²) < 4.78 is 0. The van der Waals surface area contributed by atoms with Crippen LogP contribution in [-0.2, 0) is 6.42 Å². The van der Waals surface area contributed by atoms with Crippen molar-refractivity contribution in [2.24, 2.45) is 0 Å². The molecule has 1 aliphatic carbocycles. The van der Waals surface area contributed by atoms with Crippen LogP contribution in [0.5, 0.6) is 0 Å². The first-order chi connectivity index (χ1) is 21.1. The molecule has 7 rings (SSSR count). The Balaban J connectivity index is 1.18. The maximum Gasteiger partial charge on any atom is 0.164 e. The Bertz CT molecular complexity index is 2030. The molecular weight excluding hydrogens is 547 g/mol. The van der Waals surface area contributed by atoms with Gasteiger partial charge in [-0.3, -0.25) is 0 Å². The third kappa shape index (κ3) is 5.11. The molecule has 0 radical (unpaired) electrons. The number of aromatic nitrogens is 5. The quantitative estimate of drug-likeness (QED) is 0.198. The van der Waals surface area contributed by atoms with E-state index in [1.165, 1.54) is 26.1 Å². The van der Waals surface area contributed by atoms with Crippen molar-refractivity contribution in [1.82, 2.24) is 25.1 Å². The molecule has 6 heteroatoms. The second kappa shape index (κ2) is 11.3. The number of hydrogen-bond acceptors (Lipinski definition) is 6. The van der Waals surface area contributed by atoms with Crippen LogP contribution in [0.2, 0.25) is 0 Å². The van der Waals surface area contributed by atoms with E-state index in [4.69, 9.17) is 9.97 Å². The van der Waals surface area contributed by atoms with Gasteiger partial charge in [-0.15, -0.1) is 11.3 Å². The topological polar surface area (TPSA) is 64.5 Å². The molecule has 1 unspecified atom stereocenters. The van der Waals surface area contributed by atoms with E-state index >= 15 is 0 Å². The van der Waals surface area contributed by atoms with Gasteiger partial charge in [0.05, 0.1) is 11.4 Å². The summed E-state index contributed by atoms with van der Waals surface area (Å²) in [5.41, 5.74) is 7.00. The van der Waals surface area contributed by atoms with Crippen LogP contribution < -0.4 is 0 Å². The van der Waals surface area contributed by atoms with Crippen LogP contribution in [0.25, 0.3) is 51.1 Å². The Kier molecular flexibility index (Phi) is 7.05. The van der Waals surface area contributed by atoms with Crippen LogP contribution in [0.1, 0.15) is 51.1 Å². The Morgan fingerprint density at radius 2 is 1.70 bits per heavy atom. The minimum atomic E-state index is 0.156. The Hall–Kier alpha value is -5.07. The molecule has 1 atom stereocenters. The third-order valence-corrected chi connectivity index (χ3v) is 8.94. The lowest BCUT2D eigenvalue weighted by molar-refractivity contribution is 0.776. The van der Waals surface area contributed by atoms with E-state index in [-0.39, 0.29) is 5.92 Å². The number of thiophene rings is 1. The third-order valence-electron chi connectivity index (χ3n) is 7.80. The first-order valence-corrected chi connectivity index (χ1v) is 15.2. The fraction of sp³-hybridized carbons (Fsp3) is 0.108. The van der Waals surface area contributed by atoms with Crippen molar-refractivity contribution in [1.29, 1.82) is 0 Å². The first-order valence-electron chi connectivity index (χ1n) is 14.3.